The Balaban J connectivity index is 1.60. The van der Waals surface area contributed by atoms with Gasteiger partial charge >= 0.3 is 0 Å². The van der Waals surface area contributed by atoms with Gasteiger partial charge in [-0.2, -0.15) is 5.10 Å². The monoisotopic (exact) mass is 404 g/mol. The second-order valence-corrected chi connectivity index (χ2v) is 7.28. The number of ether oxygens (including phenoxy) is 1. The van der Waals surface area contributed by atoms with Crippen LogP contribution < -0.4 is 10.1 Å². The molecular weight excluding hydrogens is 380 g/mol. The number of furan rings is 1. The quantitative estimate of drug-likeness (QED) is 0.504. The van der Waals surface area contributed by atoms with Gasteiger partial charge in [-0.1, -0.05) is 0 Å². The van der Waals surface area contributed by atoms with E-state index < -0.39 is 0 Å². The first-order valence-corrected chi connectivity index (χ1v) is 9.85. The van der Waals surface area contributed by atoms with Crippen LogP contribution in [0.4, 0.5) is 0 Å². The molecule has 3 heterocycles. The molecule has 0 aliphatic carbocycles. The predicted molar refractivity (Wildman–Crippen MR) is 114 cm³/mol. The lowest BCUT2D eigenvalue weighted by Crippen LogP contribution is -2.33. The number of hydrogen-bond acceptors (Lipinski definition) is 5. The Bertz CT molecular complexity index is 1150. The number of amides is 1. The van der Waals surface area contributed by atoms with Crippen LogP contribution in [0.1, 0.15) is 29.5 Å². The molecule has 0 unspecified atom stereocenters. The summed E-state index contributed by atoms with van der Waals surface area (Å²) in [7, 11) is 3.45. The zero-order valence-electron chi connectivity index (χ0n) is 17.3. The lowest BCUT2D eigenvalue weighted by molar-refractivity contribution is 0.0939. The molecule has 1 aromatic carbocycles. The summed E-state index contributed by atoms with van der Waals surface area (Å²) in [6, 6.07) is 13.2. The average Bonchev–Trinajstić information content (AvgIpc) is 3.42. The van der Waals surface area contributed by atoms with Crippen LogP contribution in [0.3, 0.4) is 0 Å². The molecule has 0 saturated carbocycles. The molecule has 0 bridgehead atoms. The van der Waals surface area contributed by atoms with Crippen LogP contribution in [0, 0.1) is 0 Å². The van der Waals surface area contributed by atoms with Gasteiger partial charge in [0, 0.05) is 25.1 Å². The Kier molecular flexibility index (Phi) is 5.52. The fourth-order valence-electron chi connectivity index (χ4n) is 3.40. The number of benzene rings is 1. The number of pyridine rings is 1. The molecular formula is C23H24N4O3. The molecule has 4 rings (SSSR count). The Hall–Kier alpha value is -3.61. The Morgan fingerprint density at radius 2 is 2.07 bits per heavy atom. The van der Waals surface area contributed by atoms with E-state index in [4.69, 9.17) is 14.1 Å². The van der Waals surface area contributed by atoms with E-state index in [1.54, 1.807) is 24.3 Å². The first-order chi connectivity index (χ1) is 14.5. The number of rotatable bonds is 7. The fourth-order valence-corrected chi connectivity index (χ4v) is 3.40. The molecule has 1 atom stereocenters. The van der Waals surface area contributed by atoms with E-state index >= 15 is 0 Å². The molecule has 0 saturated heterocycles. The first-order valence-electron chi connectivity index (χ1n) is 9.85. The maximum Gasteiger partial charge on any atom is 0.252 e. The number of aromatic nitrogens is 3. The van der Waals surface area contributed by atoms with E-state index in [2.05, 4.69) is 10.4 Å². The second-order valence-electron chi connectivity index (χ2n) is 7.28. The van der Waals surface area contributed by atoms with E-state index in [9.17, 15) is 4.79 Å². The lowest BCUT2D eigenvalue weighted by atomic mass is 10.1. The summed E-state index contributed by atoms with van der Waals surface area (Å²) in [6.45, 7) is 1.99. The number of methoxy groups -OCH3 is 1. The van der Waals surface area contributed by atoms with Crippen LogP contribution >= 0.6 is 0 Å². The minimum absolute atomic E-state index is 0.00748. The number of nitrogens with one attached hydrogen (secondary N) is 1. The third-order valence-electron chi connectivity index (χ3n) is 5.12. The molecule has 1 N–H and O–H groups in total. The molecule has 0 spiro atoms. The summed E-state index contributed by atoms with van der Waals surface area (Å²) in [5, 5.41) is 8.11. The van der Waals surface area contributed by atoms with E-state index in [-0.39, 0.29) is 11.9 Å². The van der Waals surface area contributed by atoms with Gasteiger partial charge in [0.1, 0.15) is 11.5 Å². The maximum absolute atomic E-state index is 13.1. The van der Waals surface area contributed by atoms with Crippen LogP contribution in [0.5, 0.6) is 5.75 Å². The summed E-state index contributed by atoms with van der Waals surface area (Å²) in [5.74, 6) is 1.54. The first kappa shape index (κ1) is 19.7. The topological polar surface area (TPSA) is 82.2 Å². The molecule has 0 radical (unpaired) electrons. The van der Waals surface area contributed by atoms with Crippen LogP contribution in [-0.2, 0) is 13.5 Å². The molecule has 1 amide bonds. The molecule has 0 fully saturated rings. The zero-order valence-corrected chi connectivity index (χ0v) is 17.3. The third-order valence-corrected chi connectivity index (χ3v) is 5.12. The van der Waals surface area contributed by atoms with Gasteiger partial charge in [0.05, 0.1) is 36.2 Å². The third kappa shape index (κ3) is 4.05. The molecule has 4 aromatic rings. The van der Waals surface area contributed by atoms with Gasteiger partial charge in [-0.05, 0) is 55.8 Å². The SMILES string of the molecule is COc1ccc(-c2cc(C(=O)N[C@@H](C)CCc3ccco3)c3cnn(C)c3n2)cc1. The van der Waals surface area contributed by atoms with Gasteiger partial charge in [0.25, 0.3) is 5.91 Å². The van der Waals surface area contributed by atoms with Crippen molar-refractivity contribution in [2.45, 2.75) is 25.8 Å². The van der Waals surface area contributed by atoms with Crippen LogP contribution in [0.2, 0.25) is 0 Å². The van der Waals surface area contributed by atoms with Crippen molar-refractivity contribution in [3.63, 3.8) is 0 Å². The highest BCUT2D eigenvalue weighted by molar-refractivity contribution is 6.06. The highest BCUT2D eigenvalue weighted by Gasteiger charge is 2.18. The second kappa shape index (κ2) is 8.41. The van der Waals surface area contributed by atoms with Gasteiger partial charge in [-0.3, -0.25) is 9.48 Å². The molecule has 30 heavy (non-hydrogen) atoms. The van der Waals surface area contributed by atoms with Crippen molar-refractivity contribution < 1.29 is 13.9 Å². The van der Waals surface area contributed by atoms with Gasteiger partial charge in [-0.15, -0.1) is 0 Å². The normalized spacial score (nSPS) is 12.1. The largest absolute Gasteiger partial charge is 0.497 e. The van der Waals surface area contributed by atoms with Crippen LogP contribution in [-0.4, -0.2) is 33.8 Å². The molecule has 0 aliphatic heterocycles. The minimum Gasteiger partial charge on any atom is -0.497 e. The summed E-state index contributed by atoms with van der Waals surface area (Å²) in [5.41, 5.74) is 2.83. The van der Waals surface area contributed by atoms with Crippen molar-refractivity contribution in [1.29, 1.82) is 0 Å². The molecule has 0 aliphatic rings. The smallest absolute Gasteiger partial charge is 0.252 e. The van der Waals surface area contributed by atoms with Gasteiger partial charge < -0.3 is 14.5 Å². The zero-order chi connectivity index (χ0) is 21.1. The van der Waals surface area contributed by atoms with Crippen molar-refractivity contribution in [1.82, 2.24) is 20.1 Å². The maximum atomic E-state index is 13.1. The van der Waals surface area contributed by atoms with E-state index in [1.807, 2.05) is 56.4 Å². The molecule has 7 nitrogen and oxygen atoms in total. The highest BCUT2D eigenvalue weighted by atomic mass is 16.5. The number of hydrogen-bond donors (Lipinski definition) is 1. The van der Waals surface area contributed by atoms with Crippen molar-refractivity contribution in [3.8, 4) is 17.0 Å². The van der Waals surface area contributed by atoms with Crippen molar-refractivity contribution in [2.24, 2.45) is 7.05 Å². The number of carbonyl (C=O) groups excluding carboxylic acids is 1. The Morgan fingerprint density at radius 3 is 2.77 bits per heavy atom. The van der Waals surface area contributed by atoms with Gasteiger partial charge in [-0.25, -0.2) is 4.98 Å². The minimum atomic E-state index is -0.142. The standard InChI is InChI=1S/C23H24N4O3/c1-15(6-9-18-5-4-12-30-18)25-23(28)19-13-21(16-7-10-17(29-3)11-8-16)26-22-20(19)14-24-27(22)2/h4-5,7-8,10-15H,6,9H2,1-3H3,(H,25,28)/t15-/m0/s1. The van der Waals surface area contributed by atoms with Crippen molar-refractivity contribution in [2.75, 3.05) is 7.11 Å². The van der Waals surface area contributed by atoms with E-state index in [0.29, 0.717) is 16.9 Å². The Morgan fingerprint density at radius 1 is 1.27 bits per heavy atom. The summed E-state index contributed by atoms with van der Waals surface area (Å²) < 4.78 is 12.3. The lowest BCUT2D eigenvalue weighted by Gasteiger charge is -2.14. The van der Waals surface area contributed by atoms with Gasteiger partial charge in [0.15, 0.2) is 5.65 Å². The summed E-state index contributed by atoms with van der Waals surface area (Å²) in [4.78, 5) is 17.8. The van der Waals surface area contributed by atoms with Gasteiger partial charge in [0.2, 0.25) is 0 Å². The van der Waals surface area contributed by atoms with E-state index in [0.717, 1.165) is 35.3 Å². The van der Waals surface area contributed by atoms with E-state index in [1.165, 1.54) is 0 Å². The molecule has 3 aromatic heterocycles. The number of nitrogens with zero attached hydrogens (tertiary/aromatic N) is 3. The highest BCUT2D eigenvalue weighted by Crippen LogP contribution is 2.26. The van der Waals surface area contributed by atoms with Crippen LogP contribution in [0.25, 0.3) is 22.3 Å². The Labute approximate surface area is 174 Å². The number of carbonyl (C=O) groups is 1. The average molecular weight is 404 g/mol. The van der Waals surface area contributed by atoms with Crippen molar-refractivity contribution in [3.05, 3.63) is 66.2 Å². The number of fused-ring (bicyclic) bond motifs is 1. The van der Waals surface area contributed by atoms with Crippen LogP contribution in [0.15, 0.2) is 59.3 Å². The summed E-state index contributed by atoms with van der Waals surface area (Å²) in [6.07, 6.45) is 4.90. The molecule has 154 valence electrons. The summed E-state index contributed by atoms with van der Waals surface area (Å²) >= 11 is 0. The fraction of sp³-hybridized carbons (Fsp3) is 0.261. The number of aryl methyl sites for hydroxylation is 2. The molecule has 7 heteroatoms. The predicted octanol–water partition coefficient (Wildman–Crippen LogP) is 3.99. The van der Waals surface area contributed by atoms with Crippen molar-refractivity contribution >= 4 is 16.9 Å².